The van der Waals surface area contributed by atoms with Gasteiger partial charge >= 0.3 is 166 Å². The van der Waals surface area contributed by atoms with Gasteiger partial charge in [0, 0.05) is 0 Å². The molecule has 5 saturated heterocycles. The largest absolute Gasteiger partial charge is 0.397 e. The highest BCUT2D eigenvalue weighted by molar-refractivity contribution is 7.84. The highest BCUT2D eigenvalue weighted by atomic mass is 32.3. The average Bonchev–Trinajstić information content (AvgIpc) is 0.749. The van der Waals surface area contributed by atoms with Gasteiger partial charge in [0.25, 0.3) is 0 Å². The van der Waals surface area contributed by atoms with E-state index in [4.69, 9.17) is 42.6 Å². The minimum absolute atomic E-state index is 2.06. The van der Waals surface area contributed by atoms with Crippen LogP contribution >= 0.6 is 0 Å². The first-order chi connectivity index (χ1) is 53.3. The first-order valence-electron chi connectivity index (χ1n) is 28.2. The Labute approximate surface area is 670 Å². The predicted octanol–water partition coefficient (Wildman–Crippen LogP) is -14.7. The molecule has 0 aromatic carbocycles. The van der Waals surface area contributed by atoms with E-state index in [-0.39, 0.29) is 0 Å². The van der Waals surface area contributed by atoms with Gasteiger partial charge in [-0.3, -0.25) is 72.8 Å². The number of hydrogen-bond acceptors (Lipinski definition) is 58. The van der Waals surface area contributed by atoms with Crippen molar-refractivity contribution >= 4 is 166 Å². The van der Waals surface area contributed by atoms with Crippen molar-refractivity contribution in [2.45, 2.75) is 154 Å². The summed E-state index contributed by atoms with van der Waals surface area (Å²) in [6.07, 6.45) is -96.3. The lowest BCUT2D eigenvalue weighted by molar-refractivity contribution is -0.386. The third kappa shape index (κ3) is 38.4. The molecule has 120 heavy (non-hydrogen) atoms. The van der Waals surface area contributed by atoms with E-state index in [9.17, 15) is 213 Å². The van der Waals surface area contributed by atoms with Gasteiger partial charge in [-0.2, -0.15) is 135 Å². The second-order valence-corrected chi connectivity index (χ2v) is 39.1. The molecule has 0 aromatic rings. The zero-order valence-electron chi connectivity index (χ0n) is 55.4. The van der Waals surface area contributed by atoms with Gasteiger partial charge in [0.2, 0.25) is 0 Å². The third-order valence-electron chi connectivity index (χ3n) is 13.6. The Morgan fingerprint density at radius 3 is 0.475 bits per heavy atom. The van der Waals surface area contributed by atoms with Crippen molar-refractivity contribution in [3.05, 3.63) is 0 Å². The van der Waals surface area contributed by atoms with Crippen LogP contribution in [-0.2, 0) is 276 Å². The summed E-state index contributed by atoms with van der Waals surface area (Å²) < 4.78 is 672. The van der Waals surface area contributed by atoms with Gasteiger partial charge in [-0.05, 0) is 0 Å². The van der Waals surface area contributed by atoms with Crippen LogP contribution in [-0.4, -0.2) is 399 Å². The highest BCUT2D eigenvalue weighted by Crippen LogP contribution is 2.43. The van der Waals surface area contributed by atoms with Gasteiger partial charge in [-0.1, -0.05) is 0 Å². The maximum absolute atomic E-state index is 13.2. The van der Waals surface area contributed by atoms with E-state index < -0.39 is 353 Å². The summed E-state index contributed by atoms with van der Waals surface area (Å²) in [7, 11) is -106. The molecule has 5 fully saturated rings. The lowest BCUT2D eigenvalue weighted by atomic mass is 9.95. The van der Waals surface area contributed by atoms with Gasteiger partial charge in [0.1, 0.15) is 97.7 Å². The molecule has 5 aliphatic rings. The van der Waals surface area contributed by atoms with Gasteiger partial charge in [-0.15, -0.1) is 0 Å². The summed E-state index contributed by atoms with van der Waals surface area (Å²) in [5.74, 6) is 0. The van der Waals surface area contributed by atoms with Crippen LogP contribution in [0, 0.1) is 0 Å². The Morgan fingerprint density at radius 1 is 0.167 bits per heavy atom. The van der Waals surface area contributed by atoms with Crippen LogP contribution < -0.4 is 0 Å². The summed E-state index contributed by atoms with van der Waals surface area (Å²) in [5.41, 5.74) is 0. The number of aliphatic hydroxyl groups excluding tert-OH is 1. The van der Waals surface area contributed by atoms with E-state index in [1.54, 1.807) is 0 Å². The molecule has 5 heterocycles. The zero-order valence-corrected chi connectivity index (χ0v) is 68.4. The molecule has 5 rings (SSSR count). The molecule has 712 valence electrons. The Balaban J connectivity index is 2.03. The summed E-state index contributed by atoms with van der Waals surface area (Å²) >= 11 is 0. The maximum atomic E-state index is 13.2. The molecule has 0 amide bonds. The Kier molecular flexibility index (Phi) is 35.5. The first kappa shape index (κ1) is 108. The van der Waals surface area contributed by atoms with Crippen molar-refractivity contribution in [3.63, 3.8) is 0 Å². The molecule has 2 unspecified atom stereocenters. The summed E-state index contributed by atoms with van der Waals surface area (Å²) in [6, 6.07) is 0. The van der Waals surface area contributed by atoms with Crippen molar-refractivity contribution in [1.29, 1.82) is 0 Å². The van der Waals surface area contributed by atoms with Crippen LogP contribution in [0.2, 0.25) is 0 Å². The van der Waals surface area contributed by atoms with Crippen LogP contribution in [0.4, 0.5) is 0 Å². The quantitative estimate of drug-likeness (QED) is 0.0252. The minimum Gasteiger partial charge on any atom is -0.366 e. The van der Waals surface area contributed by atoms with Crippen LogP contribution in [0.1, 0.15) is 0 Å². The molecule has 5 aliphatic heterocycles. The monoisotopic (exact) mass is 2110 g/mol. The van der Waals surface area contributed by atoms with Crippen LogP contribution in [0.5, 0.6) is 0 Å². The van der Waals surface area contributed by atoms with Crippen molar-refractivity contribution in [2.75, 3.05) is 33.0 Å². The van der Waals surface area contributed by atoms with Crippen molar-refractivity contribution in [2.24, 2.45) is 0 Å². The van der Waals surface area contributed by atoms with E-state index >= 15 is 0 Å². The van der Waals surface area contributed by atoms with E-state index in [0.717, 1.165) is 0 Å². The number of rotatable bonds is 45. The van der Waals surface area contributed by atoms with Gasteiger partial charge in [0.15, 0.2) is 55.9 Å². The summed E-state index contributed by atoms with van der Waals surface area (Å²) in [4.78, 5) is 0. The topological polar surface area (TPSA) is 1120 Å². The number of aliphatic hydroxyl groups is 1. The summed E-state index contributed by atoms with van der Waals surface area (Å²) in [6.45, 7) is -12.0. The lowest BCUT2D eigenvalue weighted by Gasteiger charge is -2.51. The molecule has 74 nitrogen and oxygen atoms in total. The zero-order chi connectivity index (χ0) is 92.6. The van der Waals surface area contributed by atoms with Crippen LogP contribution in [0.25, 0.3) is 0 Å². The fraction of sp³-hybridized carbons (Fsp3) is 1.00. The predicted molar refractivity (Wildman–Crippen MR) is 333 cm³/mol. The molecule has 0 saturated carbocycles. The molecule has 90 heteroatoms. The number of ether oxygens (including phenoxy) is 9. The first-order valence-corrected chi connectivity index (χ1v) is 50.0. The van der Waals surface area contributed by atoms with Gasteiger partial charge in [0.05, 0.1) is 33.0 Å². The molecule has 0 spiro atoms. The fourth-order valence-electron chi connectivity index (χ4n) is 10.3. The normalized spacial score (nSPS) is 33.4. The van der Waals surface area contributed by atoms with E-state index in [1.807, 2.05) is 0 Å². The second-order valence-electron chi connectivity index (χ2n) is 22.1. The molecule has 0 aliphatic carbocycles. The Morgan fingerprint density at radius 2 is 0.300 bits per heavy atom. The van der Waals surface area contributed by atoms with Gasteiger partial charge in [-0.25, -0.2) is 66.9 Å². The van der Waals surface area contributed by atoms with Gasteiger partial charge < -0.3 is 47.7 Å². The van der Waals surface area contributed by atoms with Crippen LogP contribution in [0.3, 0.4) is 0 Å². The molecule has 0 radical (unpaired) electrons. The molecular formula is C30H52O74S16. The smallest absolute Gasteiger partial charge is 0.366 e. The highest BCUT2D eigenvalue weighted by Gasteiger charge is 2.65. The second kappa shape index (κ2) is 39.5. The molecule has 25 atom stereocenters. The third-order valence-corrected chi connectivity index (χ3v) is 20.9. The van der Waals surface area contributed by atoms with Crippen molar-refractivity contribution in [1.82, 2.24) is 0 Å². The van der Waals surface area contributed by atoms with Crippen molar-refractivity contribution in [3.8, 4) is 0 Å². The molecular weight excluding hydrogens is 2060 g/mol. The SMILES string of the molecule is O=S(=O)(O)OC[C@H]1O[C@H](O[C@@H]2[C@H](OS(=O)(=O)O)[C@@H](O[C@@H]3[C@H](OS(=O)(=O)O)[C@@H](O[C@@H]4C(O)O[C@H](COS(=O)(=O)O)[C@@H](OS(=O)(=O)O)[C@@H]4OS(=O)(=O)O)O[C@H](COS(=O)(=O)O)[C@H]3OS(=O)(=O)O)O[C@H](COS(=O)(=O)O)[C@H]2OS(=O)(=O)O)[C@@H](OS(=O)(=O)O)[C@@H](OC2O[C@H](COS(=O)(=O)O)[C@@H](OS(=O)(=O)O)[C@H](OS(=O)(=O)O)[C@@H]2OS(=O)(=O)O)[C@@H]1OS(=O)(=O)O. The Hall–Kier alpha value is -2.48. The minimum atomic E-state index is -7.10. The Bertz CT molecular complexity index is 5560. The van der Waals surface area contributed by atoms with E-state index in [0.29, 0.717) is 0 Å². The molecule has 0 aromatic heterocycles. The van der Waals surface area contributed by atoms with Crippen molar-refractivity contribution < 1.29 is 322 Å². The maximum Gasteiger partial charge on any atom is 0.397 e. The molecule has 17 N–H and O–H groups in total. The average molecular weight is 2110 g/mol. The van der Waals surface area contributed by atoms with E-state index in [2.05, 4.69) is 66.9 Å². The lowest BCUT2D eigenvalue weighted by Crippen LogP contribution is -2.70. The standard InChI is InChI=1S/C30H52O74S16/c31-26-21(19(99-115(62,63)64)14(97-113(56,57)58)6(85-26)1-80-105(32,33)34)93-29-24(103-119(74,75)76)18(13(96-112(53,54)55)9(88-29)4-83-108(41,42)43)91-27-22(101-117(68,69)70)16(11(94-110(47,48)49)7(86-27)2-81-106(35,36)37)90-28-23(102-118(71,72)73)17(12(95-111(50,51)52)8(87-28)3-82-107(38,39)40)92-30-25(104-120(77,78)79)20(100-116(65,66)67)15(98-114(59,60)61)10(89-30)5-84-109(44,45)46/h6-31H,1-5H2,(H,32,33,34)(H,35,36,37)(H,38,39,40)(H,41,42,43)(H,44,45,46)(H,47,48,49)(H,50,51,52)(H,53,54,55)(H,56,57,58)(H,59,60,61)(H,62,63,64)(H,65,66,67)(H,68,69,70)(H,71,72,73)(H,74,75,76)(H,77,78,79)/t6-,7-,8-,9-,10-,11-,12-,13-,14-,15-,16+,17+,18+,19+,20+,21+,22+,23+,24+,25+,26?,27-,28-,29-,30?/m1/s1. The summed E-state index contributed by atoms with van der Waals surface area (Å²) in [5, 5.41) is 11.3. The number of hydrogen-bond donors (Lipinski definition) is 17. The van der Waals surface area contributed by atoms with Crippen LogP contribution in [0.15, 0.2) is 0 Å². The molecule has 0 bridgehead atoms. The fourth-order valence-corrected chi connectivity index (χ4v) is 17.3. The van der Waals surface area contributed by atoms with E-state index in [1.165, 1.54) is 0 Å².